The molecule has 6 nitrogen and oxygen atoms in total. The van der Waals surface area contributed by atoms with E-state index in [0.717, 1.165) is 0 Å². The predicted molar refractivity (Wildman–Crippen MR) is 76.2 cm³/mol. The Morgan fingerprint density at radius 2 is 2.00 bits per heavy atom. The minimum absolute atomic E-state index is 0.0505. The molecule has 6 heteroatoms. The van der Waals surface area contributed by atoms with Gasteiger partial charge in [-0.2, -0.15) is 0 Å². The molecule has 1 aromatic carbocycles. The number of hydrogen-bond acceptors (Lipinski definition) is 6. The first-order chi connectivity index (χ1) is 11.0. The van der Waals surface area contributed by atoms with Gasteiger partial charge in [0, 0.05) is 0 Å². The molecule has 3 saturated heterocycles. The average molecular weight is 316 g/mol. The van der Waals surface area contributed by atoms with E-state index < -0.39 is 35.3 Å². The highest BCUT2D eigenvalue weighted by atomic mass is 16.6. The smallest absolute Gasteiger partial charge is 0.338 e. The summed E-state index contributed by atoms with van der Waals surface area (Å²) in [5.74, 6) is -2.68. The van der Waals surface area contributed by atoms with Gasteiger partial charge in [-0.05, 0) is 24.5 Å². The van der Waals surface area contributed by atoms with Crippen LogP contribution < -0.4 is 0 Å². The third-order valence-electron chi connectivity index (χ3n) is 5.06. The van der Waals surface area contributed by atoms with Gasteiger partial charge in [0.15, 0.2) is 0 Å². The Hall–Kier alpha value is -2.21. The molecule has 120 valence electrons. The van der Waals surface area contributed by atoms with Crippen LogP contribution in [0.15, 0.2) is 30.3 Å². The molecule has 2 bridgehead atoms. The third-order valence-corrected chi connectivity index (χ3v) is 5.06. The molecule has 0 aliphatic carbocycles. The van der Waals surface area contributed by atoms with E-state index in [1.807, 2.05) is 13.0 Å². The minimum Gasteiger partial charge on any atom is -0.459 e. The van der Waals surface area contributed by atoms with Gasteiger partial charge in [0.05, 0.1) is 11.7 Å². The fraction of sp³-hybridized carbons (Fsp3) is 0.471. The van der Waals surface area contributed by atoms with E-state index in [-0.39, 0.29) is 18.6 Å². The number of carbonyl (C=O) groups excluding carboxylic acids is 3. The molecule has 5 atom stereocenters. The number of hydrogen-bond donors (Lipinski definition) is 0. The van der Waals surface area contributed by atoms with Crippen LogP contribution in [0.4, 0.5) is 0 Å². The van der Waals surface area contributed by atoms with Crippen LogP contribution in [0.5, 0.6) is 0 Å². The molecule has 3 aliphatic rings. The van der Waals surface area contributed by atoms with Crippen molar-refractivity contribution < 1.29 is 28.6 Å². The number of ether oxygens (including phenoxy) is 3. The van der Waals surface area contributed by atoms with E-state index in [9.17, 15) is 14.4 Å². The van der Waals surface area contributed by atoms with Gasteiger partial charge in [-0.1, -0.05) is 25.1 Å². The second kappa shape index (κ2) is 4.89. The summed E-state index contributed by atoms with van der Waals surface area (Å²) in [4.78, 5) is 36.0. The van der Waals surface area contributed by atoms with E-state index in [1.165, 1.54) is 0 Å². The lowest BCUT2D eigenvalue weighted by Crippen LogP contribution is -2.46. The summed E-state index contributed by atoms with van der Waals surface area (Å²) >= 11 is 0. The van der Waals surface area contributed by atoms with Gasteiger partial charge in [-0.3, -0.25) is 9.59 Å². The molecule has 3 aliphatic heterocycles. The van der Waals surface area contributed by atoms with Crippen molar-refractivity contribution in [2.24, 2.45) is 17.8 Å². The lowest BCUT2D eigenvalue weighted by Gasteiger charge is -2.30. The summed E-state index contributed by atoms with van der Waals surface area (Å²) in [7, 11) is 0. The number of cyclic esters (lactones) is 2. The number of benzene rings is 1. The first-order valence-electron chi connectivity index (χ1n) is 7.67. The number of carbonyl (C=O) groups is 3. The number of fused-ring (bicyclic) bond motifs is 5. The molecule has 2 unspecified atom stereocenters. The van der Waals surface area contributed by atoms with Crippen LogP contribution in [0.25, 0.3) is 0 Å². The van der Waals surface area contributed by atoms with Crippen LogP contribution in [-0.4, -0.2) is 36.2 Å². The molecule has 0 aromatic heterocycles. The molecule has 1 aromatic rings. The van der Waals surface area contributed by atoms with Crippen LogP contribution in [-0.2, 0) is 23.8 Å². The molecule has 0 spiro atoms. The summed E-state index contributed by atoms with van der Waals surface area (Å²) in [6.45, 7) is 1.92. The lowest BCUT2D eigenvalue weighted by atomic mass is 9.69. The Bertz CT molecular complexity index is 684. The van der Waals surface area contributed by atoms with Crippen molar-refractivity contribution in [2.45, 2.75) is 25.0 Å². The van der Waals surface area contributed by atoms with Crippen molar-refractivity contribution in [2.75, 3.05) is 6.61 Å². The topological polar surface area (TPSA) is 78.9 Å². The second-order valence-corrected chi connectivity index (χ2v) is 6.51. The Kier molecular flexibility index (Phi) is 3.06. The standard InChI is InChI=1S/C17H16O6/c1-9-7-17(8-21-14(18)10-5-3-2-4-6-10)12-11(13(9)23-17)15(19)22-16(12)20/h2-6,9,11-13H,7-8H2,1H3/t9-,11?,12?,13+,17-/m0/s1. The van der Waals surface area contributed by atoms with Gasteiger partial charge < -0.3 is 14.2 Å². The summed E-state index contributed by atoms with van der Waals surface area (Å²) in [5, 5.41) is 0. The highest BCUT2D eigenvalue weighted by Crippen LogP contribution is 2.56. The molecule has 0 radical (unpaired) electrons. The Labute approximate surface area is 132 Å². The maximum atomic E-state index is 12.1. The van der Waals surface area contributed by atoms with Crippen molar-refractivity contribution in [1.29, 1.82) is 0 Å². The van der Waals surface area contributed by atoms with Gasteiger partial charge in [0.1, 0.15) is 24.0 Å². The van der Waals surface area contributed by atoms with Crippen LogP contribution >= 0.6 is 0 Å². The van der Waals surface area contributed by atoms with Crippen LogP contribution in [0.3, 0.4) is 0 Å². The second-order valence-electron chi connectivity index (χ2n) is 6.51. The Morgan fingerprint density at radius 3 is 2.74 bits per heavy atom. The van der Waals surface area contributed by atoms with E-state index >= 15 is 0 Å². The Morgan fingerprint density at radius 1 is 1.26 bits per heavy atom. The van der Waals surface area contributed by atoms with Gasteiger partial charge >= 0.3 is 17.9 Å². The third kappa shape index (κ3) is 2.01. The van der Waals surface area contributed by atoms with E-state index in [1.54, 1.807) is 24.3 Å². The molecule has 3 heterocycles. The normalized spacial score (nSPS) is 37.6. The lowest BCUT2D eigenvalue weighted by molar-refractivity contribution is -0.160. The van der Waals surface area contributed by atoms with Crippen LogP contribution in [0, 0.1) is 17.8 Å². The molecule has 4 rings (SSSR count). The first-order valence-corrected chi connectivity index (χ1v) is 7.67. The molecule has 23 heavy (non-hydrogen) atoms. The SMILES string of the molecule is C[C@H]1C[C@@]2(COC(=O)c3ccccc3)O[C@H]1C1C(=O)OC(=O)C12. The minimum atomic E-state index is -0.942. The monoisotopic (exact) mass is 316 g/mol. The highest BCUT2D eigenvalue weighted by molar-refractivity contribution is 5.98. The number of rotatable bonds is 3. The summed E-state index contributed by atoms with van der Waals surface area (Å²) in [5.41, 5.74) is -0.506. The number of esters is 3. The fourth-order valence-corrected chi connectivity index (χ4v) is 4.13. The zero-order chi connectivity index (χ0) is 16.2. The predicted octanol–water partition coefficient (Wildman–Crippen LogP) is 1.34. The van der Waals surface area contributed by atoms with Crippen molar-refractivity contribution in [1.82, 2.24) is 0 Å². The quantitative estimate of drug-likeness (QED) is 0.618. The Balaban J connectivity index is 1.55. The zero-order valence-electron chi connectivity index (χ0n) is 12.6. The molecule has 0 N–H and O–H groups in total. The first kappa shape index (κ1) is 14.4. The summed E-state index contributed by atoms with van der Waals surface area (Å²) < 4.78 is 16.1. The molecule has 0 saturated carbocycles. The van der Waals surface area contributed by atoms with Gasteiger partial charge in [0.2, 0.25) is 0 Å². The molecule has 0 amide bonds. The summed E-state index contributed by atoms with van der Waals surface area (Å²) in [6.07, 6.45) is 0.234. The summed E-state index contributed by atoms with van der Waals surface area (Å²) in [6, 6.07) is 8.62. The maximum Gasteiger partial charge on any atom is 0.338 e. The van der Waals surface area contributed by atoms with Crippen molar-refractivity contribution in [3.8, 4) is 0 Å². The van der Waals surface area contributed by atoms with E-state index in [4.69, 9.17) is 14.2 Å². The molecule has 3 fully saturated rings. The van der Waals surface area contributed by atoms with Crippen LogP contribution in [0.1, 0.15) is 23.7 Å². The maximum absolute atomic E-state index is 12.1. The molecular formula is C17H16O6. The van der Waals surface area contributed by atoms with Crippen molar-refractivity contribution in [3.63, 3.8) is 0 Å². The van der Waals surface area contributed by atoms with Crippen molar-refractivity contribution in [3.05, 3.63) is 35.9 Å². The average Bonchev–Trinajstić information content (AvgIpc) is 3.15. The van der Waals surface area contributed by atoms with Gasteiger partial charge in [-0.15, -0.1) is 0 Å². The fourth-order valence-electron chi connectivity index (χ4n) is 4.13. The highest BCUT2D eigenvalue weighted by Gasteiger charge is 2.71. The van der Waals surface area contributed by atoms with Gasteiger partial charge in [-0.25, -0.2) is 4.79 Å². The van der Waals surface area contributed by atoms with Gasteiger partial charge in [0.25, 0.3) is 0 Å². The zero-order valence-corrected chi connectivity index (χ0v) is 12.6. The largest absolute Gasteiger partial charge is 0.459 e. The van der Waals surface area contributed by atoms with E-state index in [0.29, 0.717) is 12.0 Å². The van der Waals surface area contributed by atoms with Crippen LogP contribution in [0.2, 0.25) is 0 Å². The molecular weight excluding hydrogens is 300 g/mol. The van der Waals surface area contributed by atoms with E-state index in [2.05, 4.69) is 0 Å². The van der Waals surface area contributed by atoms with Crippen molar-refractivity contribution >= 4 is 17.9 Å².